The van der Waals surface area contributed by atoms with E-state index < -0.39 is 11.2 Å². The summed E-state index contributed by atoms with van der Waals surface area (Å²) in [7, 11) is 0. The number of halogens is 4. The van der Waals surface area contributed by atoms with Crippen LogP contribution < -0.4 is 0 Å². The highest BCUT2D eigenvalue weighted by Gasteiger charge is 2.33. The largest absolute Gasteiger partial charge is 0.497 e. The minimum absolute atomic E-state index is 0.0704. The molecule has 0 aromatic rings. The van der Waals surface area contributed by atoms with Gasteiger partial charge in [0, 0.05) is 0 Å². The van der Waals surface area contributed by atoms with Gasteiger partial charge < -0.3 is 9.47 Å². The SMILES string of the molecule is FC(F)(F)/C(Cl)=C/OCC1CO1. The van der Waals surface area contributed by atoms with Crippen LogP contribution in [0.15, 0.2) is 11.3 Å². The van der Waals surface area contributed by atoms with Gasteiger partial charge in [-0.15, -0.1) is 0 Å². The quantitative estimate of drug-likeness (QED) is 0.516. The normalized spacial score (nSPS) is 24.0. The molecule has 0 N–H and O–H groups in total. The van der Waals surface area contributed by atoms with Crippen molar-refractivity contribution >= 4 is 11.6 Å². The maximum Gasteiger partial charge on any atom is 0.429 e. The van der Waals surface area contributed by atoms with Crippen LogP contribution in [0.3, 0.4) is 0 Å². The van der Waals surface area contributed by atoms with E-state index >= 15 is 0 Å². The molecule has 1 aliphatic heterocycles. The molecule has 1 heterocycles. The zero-order valence-corrected chi connectivity index (χ0v) is 6.65. The first-order valence-electron chi connectivity index (χ1n) is 3.16. The highest BCUT2D eigenvalue weighted by molar-refractivity contribution is 6.30. The van der Waals surface area contributed by atoms with E-state index in [2.05, 4.69) is 4.74 Å². The second kappa shape index (κ2) is 3.53. The van der Waals surface area contributed by atoms with Crippen LogP contribution >= 0.6 is 11.6 Å². The van der Waals surface area contributed by atoms with E-state index in [-0.39, 0.29) is 12.7 Å². The lowest BCUT2D eigenvalue weighted by atomic mass is 10.5. The third-order valence-corrected chi connectivity index (χ3v) is 1.45. The summed E-state index contributed by atoms with van der Waals surface area (Å²) in [6.07, 6.45) is -4.10. The van der Waals surface area contributed by atoms with Crippen molar-refractivity contribution in [3.63, 3.8) is 0 Å². The van der Waals surface area contributed by atoms with E-state index in [1.807, 2.05) is 0 Å². The Kier molecular flexibility index (Phi) is 2.85. The first-order chi connectivity index (χ1) is 5.50. The fourth-order valence-corrected chi connectivity index (χ4v) is 0.523. The van der Waals surface area contributed by atoms with Gasteiger partial charge in [0.05, 0.1) is 6.61 Å². The highest BCUT2D eigenvalue weighted by atomic mass is 35.5. The van der Waals surface area contributed by atoms with E-state index in [0.717, 1.165) is 0 Å². The molecule has 1 unspecified atom stereocenters. The van der Waals surface area contributed by atoms with E-state index in [1.165, 1.54) is 0 Å². The molecule has 12 heavy (non-hydrogen) atoms. The predicted molar refractivity (Wildman–Crippen MR) is 35.7 cm³/mol. The summed E-state index contributed by atoms with van der Waals surface area (Å²) >= 11 is 4.83. The zero-order chi connectivity index (χ0) is 9.19. The van der Waals surface area contributed by atoms with Crippen molar-refractivity contribution in [3.05, 3.63) is 11.3 Å². The fourth-order valence-electron chi connectivity index (χ4n) is 0.460. The van der Waals surface area contributed by atoms with Crippen LogP contribution in [0, 0.1) is 0 Å². The van der Waals surface area contributed by atoms with Gasteiger partial charge in [-0.3, -0.25) is 0 Å². The molecule has 0 spiro atoms. The first kappa shape index (κ1) is 9.67. The Morgan fingerprint density at radius 3 is 2.67 bits per heavy atom. The standard InChI is InChI=1S/C6H6ClF3O2/c7-5(6(8,9)10)3-11-1-4-2-12-4/h3-4H,1-2H2/b5-3-. The molecule has 2 nitrogen and oxygen atoms in total. The van der Waals surface area contributed by atoms with Gasteiger partial charge in [-0.05, 0) is 0 Å². The average Bonchev–Trinajstić information content (AvgIpc) is 2.69. The number of alkyl halides is 3. The Morgan fingerprint density at radius 1 is 1.67 bits per heavy atom. The van der Waals surface area contributed by atoms with E-state index in [0.29, 0.717) is 12.9 Å². The van der Waals surface area contributed by atoms with Crippen molar-refractivity contribution in [2.24, 2.45) is 0 Å². The minimum Gasteiger partial charge on any atom is -0.497 e. The smallest absolute Gasteiger partial charge is 0.429 e. The molecule has 70 valence electrons. The third kappa shape index (κ3) is 3.32. The maximum atomic E-state index is 11.7. The van der Waals surface area contributed by atoms with Crippen molar-refractivity contribution < 1.29 is 22.6 Å². The summed E-state index contributed by atoms with van der Waals surface area (Å²) in [5.74, 6) is 0. The van der Waals surface area contributed by atoms with Gasteiger partial charge >= 0.3 is 6.18 Å². The summed E-state index contributed by atoms with van der Waals surface area (Å²) in [6, 6.07) is 0. The number of ether oxygens (including phenoxy) is 2. The van der Waals surface area contributed by atoms with Gasteiger partial charge in [-0.1, -0.05) is 11.6 Å². The van der Waals surface area contributed by atoms with Crippen molar-refractivity contribution in [3.8, 4) is 0 Å². The molecule has 1 rings (SSSR count). The topological polar surface area (TPSA) is 21.8 Å². The van der Waals surface area contributed by atoms with Crippen LogP contribution in [0.25, 0.3) is 0 Å². The molecule has 0 amide bonds. The molecular weight excluding hydrogens is 197 g/mol. The lowest BCUT2D eigenvalue weighted by Crippen LogP contribution is -2.08. The lowest BCUT2D eigenvalue weighted by molar-refractivity contribution is -0.0865. The van der Waals surface area contributed by atoms with Gasteiger partial charge in [0.1, 0.15) is 19.0 Å². The lowest BCUT2D eigenvalue weighted by Gasteiger charge is -2.03. The molecule has 0 aromatic carbocycles. The molecular formula is C6H6ClF3O2. The number of epoxide rings is 1. The minimum atomic E-state index is -4.52. The second-order valence-electron chi connectivity index (χ2n) is 2.25. The summed E-state index contributed by atoms with van der Waals surface area (Å²) in [5, 5.41) is -1.26. The molecule has 1 saturated heterocycles. The fraction of sp³-hybridized carbons (Fsp3) is 0.667. The van der Waals surface area contributed by atoms with Crippen LogP contribution in [-0.4, -0.2) is 25.5 Å². The number of rotatable bonds is 3. The number of allylic oxidation sites excluding steroid dienone is 1. The summed E-state index contributed by atoms with van der Waals surface area (Å²) in [4.78, 5) is 0. The monoisotopic (exact) mass is 202 g/mol. The Hall–Kier alpha value is -0.420. The Labute approximate surface area is 71.9 Å². The first-order valence-corrected chi connectivity index (χ1v) is 3.54. The van der Waals surface area contributed by atoms with Crippen molar-refractivity contribution in [1.82, 2.24) is 0 Å². The van der Waals surface area contributed by atoms with Crippen LogP contribution in [0.4, 0.5) is 13.2 Å². The van der Waals surface area contributed by atoms with Crippen molar-refractivity contribution in [2.45, 2.75) is 12.3 Å². The van der Waals surface area contributed by atoms with Crippen LogP contribution in [0.1, 0.15) is 0 Å². The molecule has 1 atom stereocenters. The Bertz CT molecular complexity index is 186. The van der Waals surface area contributed by atoms with Gasteiger partial charge in [0.15, 0.2) is 5.03 Å². The van der Waals surface area contributed by atoms with E-state index in [1.54, 1.807) is 0 Å². The predicted octanol–water partition coefficient (Wildman–Crippen LogP) is 2.04. The molecule has 0 aromatic heterocycles. The van der Waals surface area contributed by atoms with Crippen LogP contribution in [0.5, 0.6) is 0 Å². The van der Waals surface area contributed by atoms with E-state index in [4.69, 9.17) is 16.3 Å². The summed E-state index contributed by atoms with van der Waals surface area (Å²) < 4.78 is 44.2. The third-order valence-electron chi connectivity index (χ3n) is 1.14. The number of hydrogen-bond donors (Lipinski definition) is 0. The molecule has 0 saturated carbocycles. The molecule has 1 fully saturated rings. The van der Waals surface area contributed by atoms with E-state index in [9.17, 15) is 13.2 Å². The Balaban J connectivity index is 2.24. The zero-order valence-electron chi connectivity index (χ0n) is 5.90. The second-order valence-corrected chi connectivity index (χ2v) is 2.66. The van der Waals surface area contributed by atoms with Gasteiger partial charge in [0.2, 0.25) is 0 Å². The van der Waals surface area contributed by atoms with Crippen LogP contribution in [-0.2, 0) is 9.47 Å². The summed E-state index contributed by atoms with van der Waals surface area (Å²) in [6.45, 7) is 0.657. The Morgan fingerprint density at radius 2 is 2.25 bits per heavy atom. The molecule has 0 bridgehead atoms. The molecule has 0 radical (unpaired) electrons. The van der Waals surface area contributed by atoms with Crippen molar-refractivity contribution in [1.29, 1.82) is 0 Å². The summed E-state index contributed by atoms with van der Waals surface area (Å²) in [5.41, 5.74) is 0. The average molecular weight is 203 g/mol. The molecule has 6 heteroatoms. The maximum absolute atomic E-state index is 11.7. The van der Waals surface area contributed by atoms with Crippen molar-refractivity contribution in [2.75, 3.05) is 13.2 Å². The van der Waals surface area contributed by atoms with Gasteiger partial charge in [-0.2, -0.15) is 13.2 Å². The van der Waals surface area contributed by atoms with Gasteiger partial charge in [-0.25, -0.2) is 0 Å². The molecule has 1 aliphatic rings. The van der Waals surface area contributed by atoms with Gasteiger partial charge in [0.25, 0.3) is 0 Å². The molecule has 0 aliphatic carbocycles. The van der Waals surface area contributed by atoms with Crippen LogP contribution in [0.2, 0.25) is 0 Å². The highest BCUT2D eigenvalue weighted by Crippen LogP contribution is 2.28. The number of hydrogen-bond acceptors (Lipinski definition) is 2.